The van der Waals surface area contributed by atoms with Crippen molar-refractivity contribution in [1.29, 1.82) is 0 Å². The maximum Gasteiger partial charge on any atom is 0.294 e. The zero-order valence-corrected chi connectivity index (χ0v) is 17.0. The maximum absolute atomic E-state index is 11.1. The summed E-state index contributed by atoms with van der Waals surface area (Å²) in [7, 11) is -4.12. The lowest BCUT2D eigenvalue weighted by Crippen LogP contribution is -2.17. The molecule has 0 aliphatic rings. The van der Waals surface area contributed by atoms with E-state index in [4.69, 9.17) is 4.55 Å². The summed E-state index contributed by atoms with van der Waals surface area (Å²) in [4.78, 5) is -0.0468. The first-order chi connectivity index (χ1) is 11.6. The van der Waals surface area contributed by atoms with Gasteiger partial charge in [-0.2, -0.15) is 8.42 Å². The number of rotatable bonds is 11. The molecule has 1 rings (SSSR count). The Morgan fingerprint density at radius 3 is 2.16 bits per heavy atom. The average molecular weight is 367 g/mol. The molecule has 0 spiro atoms. The highest BCUT2D eigenvalue weighted by Crippen LogP contribution is 2.31. The summed E-state index contributed by atoms with van der Waals surface area (Å²) < 4.78 is 31.3. The van der Waals surface area contributed by atoms with Crippen LogP contribution in [-0.4, -0.2) is 13.0 Å². The van der Waals surface area contributed by atoms with E-state index in [1.807, 2.05) is 18.2 Å². The van der Waals surface area contributed by atoms with Crippen molar-refractivity contribution in [3.05, 3.63) is 42.5 Å². The van der Waals surface area contributed by atoms with Crippen LogP contribution in [0.4, 0.5) is 0 Å². The molecule has 2 unspecified atom stereocenters. The van der Waals surface area contributed by atoms with Crippen LogP contribution in [0.1, 0.15) is 71.8 Å². The second-order valence-corrected chi connectivity index (χ2v) is 9.45. The molecule has 4 heteroatoms. The van der Waals surface area contributed by atoms with Gasteiger partial charge in [-0.3, -0.25) is 4.55 Å². The van der Waals surface area contributed by atoms with Gasteiger partial charge in [-0.25, -0.2) is 0 Å². The Kier molecular flexibility index (Phi) is 8.36. The monoisotopic (exact) mass is 366 g/mol. The molecule has 142 valence electrons. The molecule has 0 fully saturated rings. The van der Waals surface area contributed by atoms with Crippen molar-refractivity contribution in [3.63, 3.8) is 0 Å². The molecular formula is C21H34O3S. The van der Waals surface area contributed by atoms with Crippen LogP contribution in [0.3, 0.4) is 0 Å². The normalized spacial score (nSPS) is 14.9. The van der Waals surface area contributed by atoms with Gasteiger partial charge in [0.05, 0.1) is 4.90 Å². The molecule has 0 aliphatic carbocycles. The Morgan fingerprint density at radius 1 is 1.08 bits per heavy atom. The zero-order chi connectivity index (χ0) is 19.1. The predicted molar refractivity (Wildman–Crippen MR) is 106 cm³/mol. The number of hydrogen-bond donors (Lipinski definition) is 1. The third-order valence-corrected chi connectivity index (χ3v) is 6.06. The van der Waals surface area contributed by atoms with Crippen molar-refractivity contribution in [2.45, 2.75) is 76.5 Å². The standard InChI is InChI=1S/C21H34O3S/c1-6-17(2)9-7-10-18(3)11-8-16-21(4,5)19-12-14-20(15-13-19)25(22,23)24/h6,12-15,17-18H,1,7-11,16H2,2-5H3,(H,22,23,24). The van der Waals surface area contributed by atoms with Gasteiger partial charge >= 0.3 is 0 Å². The molecule has 2 atom stereocenters. The Hall–Kier alpha value is -1.13. The fraction of sp³-hybridized carbons (Fsp3) is 0.619. The Balaban J connectivity index is 2.46. The Morgan fingerprint density at radius 2 is 1.64 bits per heavy atom. The second-order valence-electron chi connectivity index (χ2n) is 8.02. The first-order valence-corrected chi connectivity index (χ1v) is 10.7. The van der Waals surface area contributed by atoms with Crippen molar-refractivity contribution in [2.24, 2.45) is 11.8 Å². The van der Waals surface area contributed by atoms with E-state index in [1.165, 1.54) is 37.8 Å². The second kappa shape index (κ2) is 9.54. The van der Waals surface area contributed by atoms with E-state index in [0.29, 0.717) is 5.92 Å². The fourth-order valence-electron chi connectivity index (χ4n) is 3.17. The quantitative estimate of drug-likeness (QED) is 0.385. The van der Waals surface area contributed by atoms with Crippen LogP contribution in [0, 0.1) is 11.8 Å². The Bertz CT molecular complexity index is 630. The molecule has 0 aromatic heterocycles. The minimum Gasteiger partial charge on any atom is -0.282 e. The molecule has 3 nitrogen and oxygen atoms in total. The highest BCUT2D eigenvalue weighted by molar-refractivity contribution is 7.85. The molecule has 0 saturated carbocycles. The summed E-state index contributed by atoms with van der Waals surface area (Å²) in [6.07, 6.45) is 9.21. The van der Waals surface area contributed by atoms with Gasteiger partial charge in [-0.1, -0.05) is 71.6 Å². The van der Waals surface area contributed by atoms with Crippen molar-refractivity contribution < 1.29 is 13.0 Å². The molecule has 0 heterocycles. The first-order valence-electron chi connectivity index (χ1n) is 9.27. The van der Waals surface area contributed by atoms with Crippen molar-refractivity contribution in [1.82, 2.24) is 0 Å². The molecule has 1 aromatic carbocycles. The number of benzene rings is 1. The summed E-state index contributed by atoms with van der Waals surface area (Å²) >= 11 is 0. The average Bonchev–Trinajstić information content (AvgIpc) is 2.53. The van der Waals surface area contributed by atoms with Gasteiger partial charge in [-0.05, 0) is 47.8 Å². The van der Waals surface area contributed by atoms with Crippen molar-refractivity contribution in [3.8, 4) is 0 Å². The van der Waals surface area contributed by atoms with Gasteiger partial charge in [-0.15, -0.1) is 6.58 Å². The van der Waals surface area contributed by atoms with Gasteiger partial charge in [0.2, 0.25) is 0 Å². The summed E-state index contributed by atoms with van der Waals surface area (Å²) in [5.41, 5.74) is 1.10. The highest BCUT2D eigenvalue weighted by atomic mass is 32.2. The lowest BCUT2D eigenvalue weighted by molar-refractivity contribution is 0.388. The molecule has 0 amide bonds. The van der Waals surface area contributed by atoms with Crippen LogP contribution in [0.15, 0.2) is 41.8 Å². The van der Waals surface area contributed by atoms with E-state index < -0.39 is 10.1 Å². The van der Waals surface area contributed by atoms with Crippen LogP contribution in [0.25, 0.3) is 0 Å². The van der Waals surface area contributed by atoms with E-state index in [0.717, 1.165) is 24.3 Å². The molecule has 1 aromatic rings. The molecule has 25 heavy (non-hydrogen) atoms. The SMILES string of the molecule is C=CC(C)CCCC(C)CCCC(C)(C)c1ccc(S(=O)(=O)O)cc1. The first kappa shape index (κ1) is 21.9. The number of hydrogen-bond acceptors (Lipinski definition) is 2. The number of allylic oxidation sites excluding steroid dienone is 1. The lowest BCUT2D eigenvalue weighted by atomic mass is 9.79. The zero-order valence-electron chi connectivity index (χ0n) is 16.2. The Labute approximate surface area is 154 Å². The minimum atomic E-state index is -4.12. The van der Waals surface area contributed by atoms with Crippen LogP contribution < -0.4 is 0 Å². The third kappa shape index (κ3) is 7.74. The molecule has 0 radical (unpaired) electrons. The topological polar surface area (TPSA) is 54.4 Å². The minimum absolute atomic E-state index is 0.00514. The summed E-state index contributed by atoms with van der Waals surface area (Å²) in [6.45, 7) is 12.7. The predicted octanol–water partition coefficient (Wildman–Crippen LogP) is 6.01. The van der Waals surface area contributed by atoms with E-state index in [2.05, 4.69) is 34.3 Å². The van der Waals surface area contributed by atoms with Crippen LogP contribution in [0.2, 0.25) is 0 Å². The molecule has 1 N–H and O–H groups in total. The summed E-state index contributed by atoms with van der Waals surface area (Å²) in [6, 6.07) is 6.58. The molecular weight excluding hydrogens is 332 g/mol. The van der Waals surface area contributed by atoms with Gasteiger partial charge in [0.1, 0.15) is 0 Å². The van der Waals surface area contributed by atoms with Crippen LogP contribution in [0.5, 0.6) is 0 Å². The van der Waals surface area contributed by atoms with Crippen molar-refractivity contribution >= 4 is 10.1 Å². The maximum atomic E-state index is 11.1. The fourth-order valence-corrected chi connectivity index (χ4v) is 3.65. The van der Waals surface area contributed by atoms with Gasteiger partial charge in [0.25, 0.3) is 10.1 Å². The summed E-state index contributed by atoms with van der Waals surface area (Å²) in [5.74, 6) is 1.34. The van der Waals surface area contributed by atoms with Gasteiger partial charge in [0.15, 0.2) is 0 Å². The van der Waals surface area contributed by atoms with Crippen LogP contribution in [-0.2, 0) is 15.5 Å². The van der Waals surface area contributed by atoms with E-state index >= 15 is 0 Å². The van der Waals surface area contributed by atoms with Crippen molar-refractivity contribution in [2.75, 3.05) is 0 Å². The summed E-state index contributed by atoms with van der Waals surface area (Å²) in [5, 5.41) is 0. The third-order valence-electron chi connectivity index (χ3n) is 5.19. The smallest absolute Gasteiger partial charge is 0.282 e. The lowest BCUT2D eigenvalue weighted by Gasteiger charge is -2.26. The van der Waals surface area contributed by atoms with Gasteiger partial charge in [0, 0.05) is 0 Å². The van der Waals surface area contributed by atoms with E-state index in [9.17, 15) is 8.42 Å². The molecule has 0 bridgehead atoms. The van der Waals surface area contributed by atoms with E-state index in [-0.39, 0.29) is 10.3 Å². The van der Waals surface area contributed by atoms with E-state index in [1.54, 1.807) is 0 Å². The molecule has 0 aliphatic heterocycles. The van der Waals surface area contributed by atoms with Crippen LogP contribution >= 0.6 is 0 Å². The largest absolute Gasteiger partial charge is 0.294 e. The highest BCUT2D eigenvalue weighted by Gasteiger charge is 2.21. The van der Waals surface area contributed by atoms with Gasteiger partial charge < -0.3 is 0 Å². The molecule has 0 saturated heterocycles.